The molecule has 0 aliphatic carbocycles. The van der Waals surface area contributed by atoms with Crippen molar-refractivity contribution >= 4 is 29.1 Å². The third kappa shape index (κ3) is 5.00. The lowest BCUT2D eigenvalue weighted by Gasteiger charge is -2.27. The van der Waals surface area contributed by atoms with Gasteiger partial charge in [-0.1, -0.05) is 30.2 Å². The smallest absolute Gasteiger partial charge is 0.244 e. The topological polar surface area (TPSA) is 52.7 Å². The van der Waals surface area contributed by atoms with Crippen LogP contribution in [-0.2, 0) is 9.59 Å². The highest BCUT2D eigenvalue weighted by Gasteiger charge is 2.18. The van der Waals surface area contributed by atoms with Crippen molar-refractivity contribution in [3.05, 3.63) is 29.3 Å². The summed E-state index contributed by atoms with van der Waals surface area (Å²) in [6.45, 7) is 2.34. The van der Waals surface area contributed by atoms with Crippen molar-refractivity contribution in [2.75, 3.05) is 38.5 Å². The molecule has 1 aromatic rings. The van der Waals surface area contributed by atoms with E-state index in [0.29, 0.717) is 17.3 Å². The molecule has 0 saturated carbocycles. The maximum atomic E-state index is 12.1. The summed E-state index contributed by atoms with van der Waals surface area (Å²) in [4.78, 5) is 27.7. The van der Waals surface area contributed by atoms with Gasteiger partial charge in [-0.3, -0.25) is 14.5 Å². The Hall–Kier alpha value is -1.59. The third-order valence-corrected chi connectivity index (χ3v) is 4.09. The summed E-state index contributed by atoms with van der Waals surface area (Å²) >= 11 is 5.99. The number of benzene rings is 1. The quantitative estimate of drug-likeness (QED) is 0.904. The van der Waals surface area contributed by atoms with Crippen LogP contribution in [0.1, 0.15) is 19.3 Å². The molecule has 5 nitrogen and oxygen atoms in total. The van der Waals surface area contributed by atoms with Gasteiger partial charge in [-0.2, -0.15) is 0 Å². The first-order chi connectivity index (χ1) is 10.6. The number of halogens is 1. The SMILES string of the molecule is CN(CC(=O)Nc1ccccc1Cl)C(=O)CN1CCCCC1. The Labute approximate surface area is 136 Å². The predicted molar refractivity (Wildman–Crippen MR) is 88.0 cm³/mol. The molecule has 2 rings (SSSR count). The molecule has 0 aromatic heterocycles. The summed E-state index contributed by atoms with van der Waals surface area (Å²) in [6.07, 6.45) is 3.52. The lowest BCUT2D eigenvalue weighted by molar-refractivity contribution is -0.134. The van der Waals surface area contributed by atoms with Gasteiger partial charge in [0, 0.05) is 7.05 Å². The normalized spacial score (nSPS) is 15.4. The Morgan fingerprint density at radius 2 is 1.91 bits per heavy atom. The molecule has 0 bridgehead atoms. The van der Waals surface area contributed by atoms with E-state index in [2.05, 4.69) is 10.2 Å². The van der Waals surface area contributed by atoms with Crippen molar-refractivity contribution in [1.82, 2.24) is 9.80 Å². The number of anilines is 1. The Balaban J connectivity index is 1.80. The molecule has 1 fully saturated rings. The highest BCUT2D eigenvalue weighted by molar-refractivity contribution is 6.33. The van der Waals surface area contributed by atoms with E-state index in [4.69, 9.17) is 11.6 Å². The molecule has 0 spiro atoms. The maximum Gasteiger partial charge on any atom is 0.244 e. The Morgan fingerprint density at radius 1 is 1.23 bits per heavy atom. The van der Waals surface area contributed by atoms with Crippen LogP contribution < -0.4 is 5.32 Å². The molecule has 22 heavy (non-hydrogen) atoms. The molecule has 0 unspecified atom stereocenters. The van der Waals surface area contributed by atoms with Gasteiger partial charge in [-0.25, -0.2) is 0 Å². The number of hydrogen-bond donors (Lipinski definition) is 1. The lowest BCUT2D eigenvalue weighted by Crippen LogP contribution is -2.43. The van der Waals surface area contributed by atoms with Gasteiger partial charge in [0.05, 0.1) is 23.8 Å². The second-order valence-electron chi connectivity index (χ2n) is 5.61. The standard InChI is InChI=1S/C16H22ClN3O2/c1-19(16(22)12-20-9-5-2-6-10-20)11-15(21)18-14-8-4-3-7-13(14)17/h3-4,7-8H,2,5-6,9-12H2,1H3,(H,18,21). The zero-order valence-corrected chi connectivity index (χ0v) is 13.6. The van der Waals surface area contributed by atoms with Crippen molar-refractivity contribution in [2.45, 2.75) is 19.3 Å². The summed E-state index contributed by atoms with van der Waals surface area (Å²) in [5.74, 6) is -0.279. The molecule has 0 radical (unpaired) electrons. The molecule has 120 valence electrons. The second kappa shape index (κ2) is 8.15. The van der Waals surface area contributed by atoms with Crippen LogP contribution in [0.4, 0.5) is 5.69 Å². The Kier molecular flexibility index (Phi) is 6.21. The number of piperidine rings is 1. The minimum absolute atomic E-state index is 0.0257. The van der Waals surface area contributed by atoms with Crippen molar-refractivity contribution in [3.63, 3.8) is 0 Å². The fourth-order valence-electron chi connectivity index (χ4n) is 2.49. The van der Waals surface area contributed by atoms with Crippen LogP contribution in [0.5, 0.6) is 0 Å². The number of amides is 2. The molecule has 1 saturated heterocycles. The second-order valence-corrected chi connectivity index (χ2v) is 6.02. The average molecular weight is 324 g/mol. The van der Waals surface area contributed by atoms with Crippen molar-refractivity contribution < 1.29 is 9.59 Å². The molecular weight excluding hydrogens is 302 g/mol. The predicted octanol–water partition coefficient (Wildman–Crippen LogP) is 2.22. The van der Waals surface area contributed by atoms with Crippen LogP contribution in [0.3, 0.4) is 0 Å². The van der Waals surface area contributed by atoms with E-state index in [0.717, 1.165) is 25.9 Å². The van der Waals surface area contributed by atoms with E-state index in [1.165, 1.54) is 11.3 Å². The molecular formula is C16H22ClN3O2. The summed E-state index contributed by atoms with van der Waals surface area (Å²) < 4.78 is 0. The molecule has 1 N–H and O–H groups in total. The van der Waals surface area contributed by atoms with Crippen LogP contribution in [0.15, 0.2) is 24.3 Å². The van der Waals surface area contributed by atoms with Crippen molar-refractivity contribution in [2.24, 2.45) is 0 Å². The van der Waals surface area contributed by atoms with E-state index >= 15 is 0 Å². The Morgan fingerprint density at radius 3 is 2.59 bits per heavy atom. The van der Waals surface area contributed by atoms with E-state index in [1.54, 1.807) is 31.3 Å². The van der Waals surface area contributed by atoms with Crippen LogP contribution in [-0.4, -0.2) is 54.8 Å². The molecule has 1 aliphatic heterocycles. The van der Waals surface area contributed by atoms with Crippen LogP contribution in [0, 0.1) is 0 Å². The number of nitrogens with one attached hydrogen (secondary N) is 1. The summed E-state index contributed by atoms with van der Waals surface area (Å²) in [5, 5.41) is 3.21. The summed E-state index contributed by atoms with van der Waals surface area (Å²) in [6, 6.07) is 7.04. The zero-order valence-electron chi connectivity index (χ0n) is 12.8. The van der Waals surface area contributed by atoms with E-state index in [1.807, 2.05) is 0 Å². The van der Waals surface area contributed by atoms with E-state index in [-0.39, 0.29) is 18.4 Å². The van der Waals surface area contributed by atoms with Gasteiger partial charge < -0.3 is 10.2 Å². The molecule has 6 heteroatoms. The largest absolute Gasteiger partial charge is 0.335 e. The molecule has 1 aliphatic rings. The average Bonchev–Trinajstić information content (AvgIpc) is 2.50. The van der Waals surface area contributed by atoms with Gasteiger partial charge in [-0.05, 0) is 38.1 Å². The van der Waals surface area contributed by atoms with E-state index in [9.17, 15) is 9.59 Å². The van der Waals surface area contributed by atoms with Crippen LogP contribution in [0.2, 0.25) is 5.02 Å². The number of carbonyl (C=O) groups excluding carboxylic acids is 2. The van der Waals surface area contributed by atoms with Gasteiger partial charge in [0.25, 0.3) is 0 Å². The fraction of sp³-hybridized carbons (Fsp3) is 0.500. The highest BCUT2D eigenvalue weighted by atomic mass is 35.5. The summed E-state index contributed by atoms with van der Waals surface area (Å²) in [5.41, 5.74) is 0.561. The first kappa shape index (κ1) is 16.8. The van der Waals surface area contributed by atoms with Crippen LogP contribution in [0.25, 0.3) is 0 Å². The molecule has 0 atom stereocenters. The number of para-hydroxylation sites is 1. The monoisotopic (exact) mass is 323 g/mol. The maximum absolute atomic E-state index is 12.1. The van der Waals surface area contributed by atoms with Crippen molar-refractivity contribution in [3.8, 4) is 0 Å². The number of carbonyl (C=O) groups is 2. The van der Waals surface area contributed by atoms with Gasteiger partial charge in [0.2, 0.25) is 11.8 Å². The van der Waals surface area contributed by atoms with E-state index < -0.39 is 0 Å². The number of nitrogens with zero attached hydrogens (tertiary/aromatic N) is 2. The van der Waals surface area contributed by atoms with Gasteiger partial charge >= 0.3 is 0 Å². The molecule has 1 heterocycles. The van der Waals surface area contributed by atoms with Crippen LogP contribution >= 0.6 is 11.6 Å². The first-order valence-corrected chi connectivity index (χ1v) is 7.95. The fourth-order valence-corrected chi connectivity index (χ4v) is 2.67. The van der Waals surface area contributed by atoms with Crippen molar-refractivity contribution in [1.29, 1.82) is 0 Å². The number of likely N-dealkylation sites (N-methyl/N-ethyl adjacent to an activating group) is 1. The van der Waals surface area contributed by atoms with Gasteiger partial charge in [0.15, 0.2) is 0 Å². The number of likely N-dealkylation sites (tertiary alicyclic amines) is 1. The van der Waals surface area contributed by atoms with Gasteiger partial charge in [-0.15, -0.1) is 0 Å². The Bertz CT molecular complexity index is 530. The lowest BCUT2D eigenvalue weighted by atomic mass is 10.1. The minimum Gasteiger partial charge on any atom is -0.335 e. The minimum atomic E-state index is -0.248. The third-order valence-electron chi connectivity index (χ3n) is 3.76. The number of rotatable bonds is 5. The van der Waals surface area contributed by atoms with Gasteiger partial charge in [0.1, 0.15) is 0 Å². The first-order valence-electron chi connectivity index (χ1n) is 7.57. The molecule has 1 aromatic carbocycles. The summed E-state index contributed by atoms with van der Waals surface area (Å²) in [7, 11) is 1.65. The number of hydrogen-bond acceptors (Lipinski definition) is 3. The highest BCUT2D eigenvalue weighted by Crippen LogP contribution is 2.20. The zero-order chi connectivity index (χ0) is 15.9. The molecule has 2 amide bonds.